The van der Waals surface area contributed by atoms with Gasteiger partial charge in [0.2, 0.25) is 11.8 Å². The van der Waals surface area contributed by atoms with Gasteiger partial charge in [0.05, 0.1) is 23.6 Å². The first kappa shape index (κ1) is 16.0. The monoisotopic (exact) mass is 321 g/mol. The summed E-state index contributed by atoms with van der Waals surface area (Å²) in [6.07, 6.45) is 0. The average molecular weight is 321 g/mol. The minimum atomic E-state index is -0.474. The van der Waals surface area contributed by atoms with Crippen LogP contribution in [0.3, 0.4) is 0 Å². The highest BCUT2D eigenvalue weighted by Gasteiger charge is 2.14. The molecule has 1 heterocycles. The summed E-state index contributed by atoms with van der Waals surface area (Å²) in [5.41, 5.74) is 0.726. The summed E-state index contributed by atoms with van der Waals surface area (Å²) in [7, 11) is 0. The van der Waals surface area contributed by atoms with Gasteiger partial charge in [0.25, 0.3) is 5.22 Å². The number of benzene rings is 1. The normalized spacial score (nSPS) is 10.3. The SMILES string of the molecule is CCOC(=O)c1ccccc1NC(=O)CSc1nnc(C)o1. The molecule has 0 aliphatic heterocycles. The van der Waals surface area contributed by atoms with E-state index in [-0.39, 0.29) is 18.3 Å². The highest BCUT2D eigenvalue weighted by Crippen LogP contribution is 2.19. The number of amides is 1. The van der Waals surface area contributed by atoms with Gasteiger partial charge in [-0.25, -0.2) is 4.79 Å². The summed E-state index contributed by atoms with van der Waals surface area (Å²) < 4.78 is 10.1. The molecule has 2 rings (SSSR count). The fourth-order valence-electron chi connectivity index (χ4n) is 1.63. The molecular formula is C14H15N3O4S. The van der Waals surface area contributed by atoms with Crippen LogP contribution in [0, 0.1) is 6.92 Å². The van der Waals surface area contributed by atoms with E-state index in [1.54, 1.807) is 38.1 Å². The summed E-state index contributed by atoms with van der Waals surface area (Å²) >= 11 is 1.12. The Bertz CT molecular complexity index is 672. The number of aromatic nitrogens is 2. The number of nitrogens with zero attached hydrogens (tertiary/aromatic N) is 2. The third kappa shape index (κ3) is 4.32. The van der Waals surface area contributed by atoms with E-state index in [2.05, 4.69) is 15.5 Å². The number of esters is 1. The lowest BCUT2D eigenvalue weighted by atomic mass is 10.2. The minimum absolute atomic E-state index is 0.0960. The maximum atomic E-state index is 12.0. The molecule has 0 saturated heterocycles. The number of carbonyl (C=O) groups excluding carboxylic acids is 2. The van der Waals surface area contributed by atoms with E-state index in [0.717, 1.165) is 11.8 Å². The number of hydrogen-bond acceptors (Lipinski definition) is 7. The van der Waals surface area contributed by atoms with Crippen LogP contribution < -0.4 is 5.32 Å². The van der Waals surface area contributed by atoms with Crippen molar-refractivity contribution in [2.45, 2.75) is 19.1 Å². The Morgan fingerprint density at radius 2 is 2.09 bits per heavy atom. The summed E-state index contributed by atoms with van der Waals surface area (Å²) in [6.45, 7) is 3.67. The van der Waals surface area contributed by atoms with Gasteiger partial charge in [-0.1, -0.05) is 23.9 Å². The number of nitrogens with one attached hydrogen (secondary N) is 1. The van der Waals surface area contributed by atoms with Gasteiger partial charge in [-0.15, -0.1) is 10.2 Å². The smallest absolute Gasteiger partial charge is 0.340 e. The van der Waals surface area contributed by atoms with Crippen molar-refractivity contribution in [2.24, 2.45) is 0 Å². The summed E-state index contributed by atoms with van der Waals surface area (Å²) in [5.74, 6) is -0.217. The van der Waals surface area contributed by atoms with E-state index >= 15 is 0 Å². The Morgan fingerprint density at radius 1 is 1.32 bits per heavy atom. The quantitative estimate of drug-likeness (QED) is 0.644. The molecule has 22 heavy (non-hydrogen) atoms. The maximum Gasteiger partial charge on any atom is 0.340 e. The number of rotatable bonds is 6. The van der Waals surface area contributed by atoms with Crippen LogP contribution in [-0.4, -0.2) is 34.4 Å². The van der Waals surface area contributed by atoms with Crippen molar-refractivity contribution < 1.29 is 18.7 Å². The molecule has 0 atom stereocenters. The number of thioether (sulfide) groups is 1. The zero-order valence-electron chi connectivity index (χ0n) is 12.2. The molecule has 0 saturated carbocycles. The van der Waals surface area contributed by atoms with E-state index in [9.17, 15) is 9.59 Å². The van der Waals surface area contributed by atoms with Crippen molar-refractivity contribution in [1.29, 1.82) is 0 Å². The van der Waals surface area contributed by atoms with Crippen molar-refractivity contribution in [3.05, 3.63) is 35.7 Å². The van der Waals surface area contributed by atoms with Crippen molar-refractivity contribution >= 4 is 29.3 Å². The Morgan fingerprint density at radius 3 is 2.77 bits per heavy atom. The number of aryl methyl sites for hydroxylation is 1. The standard InChI is InChI=1S/C14H15N3O4S/c1-3-20-13(19)10-6-4-5-7-11(10)15-12(18)8-22-14-17-16-9(2)21-14/h4-7H,3,8H2,1-2H3,(H,15,18). The van der Waals surface area contributed by atoms with E-state index in [0.29, 0.717) is 22.4 Å². The Labute approximate surface area is 131 Å². The first-order valence-corrected chi connectivity index (χ1v) is 7.57. The third-order valence-electron chi connectivity index (χ3n) is 2.53. The maximum absolute atomic E-state index is 12.0. The van der Waals surface area contributed by atoms with Crippen LogP contribution in [0.25, 0.3) is 0 Å². The highest BCUT2D eigenvalue weighted by molar-refractivity contribution is 7.99. The molecule has 0 unspecified atom stereocenters. The zero-order valence-corrected chi connectivity index (χ0v) is 13.0. The summed E-state index contributed by atoms with van der Waals surface area (Å²) in [5, 5.41) is 10.5. The third-order valence-corrected chi connectivity index (χ3v) is 3.35. The molecule has 8 heteroatoms. The fourth-order valence-corrected chi connectivity index (χ4v) is 2.23. The Balaban J connectivity index is 1.97. The molecule has 0 fully saturated rings. The van der Waals surface area contributed by atoms with Gasteiger partial charge in [0.1, 0.15) is 0 Å². The largest absolute Gasteiger partial charge is 0.462 e. The van der Waals surface area contributed by atoms with Gasteiger partial charge < -0.3 is 14.5 Å². The molecular weight excluding hydrogens is 306 g/mol. The summed E-state index contributed by atoms with van der Waals surface area (Å²) in [4.78, 5) is 23.8. The molecule has 1 aromatic heterocycles. The van der Waals surface area contributed by atoms with Crippen LogP contribution in [-0.2, 0) is 9.53 Å². The van der Waals surface area contributed by atoms with E-state index in [1.165, 1.54) is 0 Å². The molecule has 1 N–H and O–H groups in total. The van der Waals surface area contributed by atoms with E-state index in [4.69, 9.17) is 9.15 Å². The van der Waals surface area contributed by atoms with Crippen LogP contribution >= 0.6 is 11.8 Å². The Hall–Kier alpha value is -2.35. The van der Waals surface area contributed by atoms with Crippen molar-refractivity contribution in [3.8, 4) is 0 Å². The van der Waals surface area contributed by atoms with Crippen molar-refractivity contribution in [2.75, 3.05) is 17.7 Å². The predicted molar refractivity (Wildman–Crippen MR) is 80.8 cm³/mol. The second-order valence-electron chi connectivity index (χ2n) is 4.19. The summed E-state index contributed by atoms with van der Waals surface area (Å²) in [6, 6.07) is 6.68. The number of carbonyl (C=O) groups is 2. The van der Waals surface area contributed by atoms with Crippen LogP contribution in [0.1, 0.15) is 23.2 Å². The predicted octanol–water partition coefficient (Wildman–Crippen LogP) is 2.29. The molecule has 1 aromatic carbocycles. The minimum Gasteiger partial charge on any atom is -0.462 e. The number of anilines is 1. The van der Waals surface area contributed by atoms with Crippen molar-refractivity contribution in [1.82, 2.24) is 10.2 Å². The zero-order chi connectivity index (χ0) is 15.9. The van der Waals surface area contributed by atoms with E-state index < -0.39 is 5.97 Å². The highest BCUT2D eigenvalue weighted by atomic mass is 32.2. The molecule has 1 amide bonds. The lowest BCUT2D eigenvalue weighted by Crippen LogP contribution is -2.17. The topological polar surface area (TPSA) is 94.3 Å². The number of hydrogen-bond donors (Lipinski definition) is 1. The molecule has 2 aromatic rings. The van der Waals surface area contributed by atoms with Crippen LogP contribution in [0.4, 0.5) is 5.69 Å². The average Bonchev–Trinajstić information content (AvgIpc) is 2.91. The van der Waals surface area contributed by atoms with Gasteiger partial charge in [0.15, 0.2) is 0 Å². The molecule has 116 valence electrons. The van der Waals surface area contributed by atoms with Crippen LogP contribution in [0.15, 0.2) is 33.9 Å². The van der Waals surface area contributed by atoms with Gasteiger partial charge >= 0.3 is 5.97 Å². The first-order chi connectivity index (χ1) is 10.6. The van der Waals surface area contributed by atoms with Crippen LogP contribution in [0.5, 0.6) is 0 Å². The molecule has 0 aliphatic carbocycles. The number of para-hydroxylation sites is 1. The lowest BCUT2D eigenvalue weighted by molar-refractivity contribution is -0.113. The second kappa shape index (κ2) is 7.60. The van der Waals surface area contributed by atoms with Crippen LogP contribution in [0.2, 0.25) is 0 Å². The lowest BCUT2D eigenvalue weighted by Gasteiger charge is -2.09. The molecule has 0 spiro atoms. The van der Waals surface area contributed by atoms with Gasteiger partial charge in [-0.2, -0.15) is 0 Å². The van der Waals surface area contributed by atoms with Crippen molar-refractivity contribution in [3.63, 3.8) is 0 Å². The Kier molecular flexibility index (Phi) is 5.54. The molecule has 0 radical (unpaired) electrons. The molecule has 0 bridgehead atoms. The van der Waals surface area contributed by atoms with Gasteiger partial charge in [-0.3, -0.25) is 4.79 Å². The van der Waals surface area contributed by atoms with Gasteiger partial charge in [-0.05, 0) is 19.1 Å². The molecule has 0 aliphatic rings. The second-order valence-corrected chi connectivity index (χ2v) is 5.12. The fraction of sp³-hybridized carbons (Fsp3) is 0.286. The van der Waals surface area contributed by atoms with Gasteiger partial charge in [0, 0.05) is 6.92 Å². The first-order valence-electron chi connectivity index (χ1n) is 6.59. The number of ether oxygens (including phenoxy) is 1. The molecule has 7 nitrogen and oxygen atoms in total. The van der Waals surface area contributed by atoms with E-state index in [1.807, 2.05) is 0 Å².